The van der Waals surface area contributed by atoms with Gasteiger partial charge in [0.05, 0.1) is 4.90 Å². The smallest absolute Gasteiger partial charge is 0.407 e. The first-order valence-corrected chi connectivity index (χ1v) is 11.7. The Kier molecular flexibility index (Phi) is 6.17. The molecule has 0 radical (unpaired) electrons. The van der Waals surface area contributed by atoms with Gasteiger partial charge in [0.15, 0.2) is 0 Å². The number of carboxylic acids is 1. The number of ether oxygens (including phenoxy) is 1. The van der Waals surface area contributed by atoms with Crippen LogP contribution in [0.25, 0.3) is 11.1 Å². The largest absolute Gasteiger partial charge is 0.480 e. The third-order valence-electron chi connectivity index (χ3n) is 5.63. The molecule has 0 bridgehead atoms. The molecule has 0 fully saturated rings. The first kappa shape index (κ1) is 22.5. The topological polar surface area (TPSA) is 136 Å². The number of benzene rings is 3. The predicted molar refractivity (Wildman–Crippen MR) is 121 cm³/mol. The van der Waals surface area contributed by atoms with E-state index in [9.17, 15) is 23.1 Å². The second-order valence-corrected chi connectivity index (χ2v) is 9.32. The van der Waals surface area contributed by atoms with Gasteiger partial charge in [-0.15, -0.1) is 0 Å². The third-order valence-corrected chi connectivity index (χ3v) is 6.55. The van der Waals surface area contributed by atoms with Crippen molar-refractivity contribution in [3.8, 4) is 11.1 Å². The zero-order valence-corrected chi connectivity index (χ0v) is 18.3. The maximum atomic E-state index is 12.4. The third kappa shape index (κ3) is 4.89. The first-order valence-electron chi connectivity index (χ1n) is 10.2. The molecule has 4 rings (SSSR count). The highest BCUT2D eigenvalue weighted by molar-refractivity contribution is 7.89. The van der Waals surface area contributed by atoms with E-state index < -0.39 is 28.1 Å². The molecule has 4 N–H and O–H groups in total. The molecule has 0 spiro atoms. The Bertz CT molecular complexity index is 1260. The van der Waals surface area contributed by atoms with Crippen molar-refractivity contribution in [3.63, 3.8) is 0 Å². The molecule has 8 nitrogen and oxygen atoms in total. The molecule has 9 heteroatoms. The minimum atomic E-state index is -3.85. The van der Waals surface area contributed by atoms with Gasteiger partial charge in [-0.05, 0) is 39.9 Å². The maximum absolute atomic E-state index is 12.4. The molecule has 3 aromatic rings. The second-order valence-electron chi connectivity index (χ2n) is 7.75. The minimum absolute atomic E-state index is 0.0512. The summed E-state index contributed by atoms with van der Waals surface area (Å²) >= 11 is 0. The summed E-state index contributed by atoms with van der Waals surface area (Å²) in [5.41, 5.74) is 4.81. The van der Waals surface area contributed by atoms with Gasteiger partial charge in [0.1, 0.15) is 12.6 Å². The molecule has 3 aromatic carbocycles. The standard InChI is InChI=1S/C24H22N2O6S/c25-33(30,31)16-11-9-15(10-12-16)13-22(23(27)28)26-24(29)32-14-21-19-7-3-1-5-17(19)18-6-2-4-8-20(18)21/h1-12,21-22H,13-14H2,(H,26,29)(H,27,28)(H2,25,30,31)/t22-/m0/s1. The van der Waals surface area contributed by atoms with Crippen molar-refractivity contribution in [2.75, 3.05) is 6.61 Å². The number of hydrogen-bond donors (Lipinski definition) is 3. The highest BCUT2D eigenvalue weighted by atomic mass is 32.2. The normalized spacial score (nSPS) is 13.6. The van der Waals surface area contributed by atoms with Crippen LogP contribution >= 0.6 is 0 Å². The molecule has 0 heterocycles. The summed E-state index contributed by atoms with van der Waals surface area (Å²) in [5.74, 6) is -1.38. The number of aliphatic carboxylic acids is 1. The molecular weight excluding hydrogens is 444 g/mol. The lowest BCUT2D eigenvalue weighted by molar-refractivity contribution is -0.139. The van der Waals surface area contributed by atoms with E-state index in [1.165, 1.54) is 24.3 Å². The number of rotatable bonds is 7. The number of carbonyl (C=O) groups is 2. The van der Waals surface area contributed by atoms with Crippen LogP contribution in [0.4, 0.5) is 4.79 Å². The number of fused-ring (bicyclic) bond motifs is 3. The van der Waals surface area contributed by atoms with Crippen LogP contribution in [0.15, 0.2) is 77.7 Å². The average Bonchev–Trinajstić information content (AvgIpc) is 3.11. The fourth-order valence-electron chi connectivity index (χ4n) is 4.03. The van der Waals surface area contributed by atoms with Crippen LogP contribution in [-0.4, -0.2) is 38.2 Å². The van der Waals surface area contributed by atoms with Gasteiger partial charge in [-0.2, -0.15) is 0 Å². The number of nitrogens with one attached hydrogen (secondary N) is 1. The monoisotopic (exact) mass is 466 g/mol. The Hall–Kier alpha value is -3.69. The highest BCUT2D eigenvalue weighted by Crippen LogP contribution is 2.44. The summed E-state index contributed by atoms with van der Waals surface area (Å²) in [7, 11) is -3.85. The van der Waals surface area contributed by atoms with Gasteiger partial charge in [-0.1, -0.05) is 60.7 Å². The number of alkyl carbamates (subject to hydrolysis) is 1. The van der Waals surface area contributed by atoms with Crippen molar-refractivity contribution in [2.24, 2.45) is 5.14 Å². The van der Waals surface area contributed by atoms with Gasteiger partial charge < -0.3 is 15.2 Å². The van der Waals surface area contributed by atoms with Crippen LogP contribution in [0.2, 0.25) is 0 Å². The average molecular weight is 467 g/mol. The predicted octanol–water partition coefficient (Wildman–Crippen LogP) is 2.87. The number of carbonyl (C=O) groups excluding carboxylic acids is 1. The van der Waals surface area contributed by atoms with Gasteiger partial charge in [0, 0.05) is 12.3 Å². The molecule has 1 aliphatic rings. The van der Waals surface area contributed by atoms with Crippen molar-refractivity contribution in [1.29, 1.82) is 0 Å². The molecule has 33 heavy (non-hydrogen) atoms. The molecule has 170 valence electrons. The molecule has 0 unspecified atom stereocenters. The molecule has 0 aromatic heterocycles. The van der Waals surface area contributed by atoms with Crippen molar-refractivity contribution < 1.29 is 27.9 Å². The van der Waals surface area contributed by atoms with Crippen LogP contribution < -0.4 is 10.5 Å². The number of sulfonamides is 1. The highest BCUT2D eigenvalue weighted by Gasteiger charge is 2.29. The van der Waals surface area contributed by atoms with Crippen LogP contribution in [0.5, 0.6) is 0 Å². The maximum Gasteiger partial charge on any atom is 0.407 e. The molecular formula is C24H22N2O6S. The number of nitrogens with two attached hydrogens (primary N) is 1. The fourth-order valence-corrected chi connectivity index (χ4v) is 4.55. The summed E-state index contributed by atoms with van der Waals surface area (Å²) in [6.45, 7) is 0.0647. The molecule has 1 aliphatic carbocycles. The molecule has 0 saturated heterocycles. The van der Waals surface area contributed by atoms with E-state index in [1.807, 2.05) is 48.5 Å². The molecule has 1 amide bonds. The van der Waals surface area contributed by atoms with E-state index in [4.69, 9.17) is 9.88 Å². The first-order chi connectivity index (χ1) is 15.7. The SMILES string of the molecule is NS(=O)(=O)c1ccc(C[C@H](NC(=O)OCC2c3ccccc3-c3ccccc32)C(=O)O)cc1. The number of hydrogen-bond acceptors (Lipinski definition) is 5. The Morgan fingerprint density at radius 1 is 0.939 bits per heavy atom. The van der Waals surface area contributed by atoms with E-state index in [-0.39, 0.29) is 23.8 Å². The Balaban J connectivity index is 1.42. The van der Waals surface area contributed by atoms with Crippen molar-refractivity contribution in [3.05, 3.63) is 89.5 Å². The van der Waals surface area contributed by atoms with Crippen LogP contribution in [0, 0.1) is 0 Å². The summed E-state index contributed by atoms with van der Waals surface area (Å²) in [4.78, 5) is 24.0. The fraction of sp³-hybridized carbons (Fsp3) is 0.167. The van der Waals surface area contributed by atoms with Crippen molar-refractivity contribution in [1.82, 2.24) is 5.32 Å². The minimum Gasteiger partial charge on any atom is -0.480 e. The lowest BCUT2D eigenvalue weighted by Gasteiger charge is -2.17. The number of amides is 1. The van der Waals surface area contributed by atoms with E-state index in [0.717, 1.165) is 22.3 Å². The van der Waals surface area contributed by atoms with Gasteiger partial charge in [0.25, 0.3) is 0 Å². The zero-order valence-electron chi connectivity index (χ0n) is 17.5. The van der Waals surface area contributed by atoms with Gasteiger partial charge in [0.2, 0.25) is 10.0 Å². The van der Waals surface area contributed by atoms with Crippen LogP contribution in [0.1, 0.15) is 22.6 Å². The molecule has 0 aliphatic heterocycles. The number of primary sulfonamides is 1. The van der Waals surface area contributed by atoms with Gasteiger partial charge in [-0.25, -0.2) is 23.1 Å². The Labute approximate surface area is 191 Å². The van der Waals surface area contributed by atoms with E-state index in [1.54, 1.807) is 0 Å². The summed E-state index contributed by atoms with van der Waals surface area (Å²) < 4.78 is 28.1. The van der Waals surface area contributed by atoms with Crippen molar-refractivity contribution >= 4 is 22.1 Å². The second kappa shape index (κ2) is 9.05. The van der Waals surface area contributed by atoms with Crippen LogP contribution in [-0.2, 0) is 26.0 Å². The summed E-state index contributed by atoms with van der Waals surface area (Å²) in [6.07, 6.45) is -0.893. The lowest BCUT2D eigenvalue weighted by atomic mass is 9.98. The molecule has 0 saturated carbocycles. The van der Waals surface area contributed by atoms with Crippen LogP contribution in [0.3, 0.4) is 0 Å². The van der Waals surface area contributed by atoms with Crippen molar-refractivity contribution in [2.45, 2.75) is 23.3 Å². The Morgan fingerprint density at radius 2 is 1.48 bits per heavy atom. The summed E-state index contributed by atoms with van der Waals surface area (Å²) in [5, 5.41) is 17.0. The Morgan fingerprint density at radius 3 is 2.00 bits per heavy atom. The summed E-state index contributed by atoms with van der Waals surface area (Å²) in [6, 6.07) is 20.0. The van der Waals surface area contributed by atoms with E-state index in [2.05, 4.69) is 5.32 Å². The quantitative estimate of drug-likeness (QED) is 0.490. The molecule has 1 atom stereocenters. The lowest BCUT2D eigenvalue weighted by Crippen LogP contribution is -2.42. The number of carboxylic acid groups (broad SMARTS) is 1. The van der Waals surface area contributed by atoms with E-state index >= 15 is 0 Å². The van der Waals surface area contributed by atoms with Gasteiger partial charge in [-0.3, -0.25) is 0 Å². The van der Waals surface area contributed by atoms with Gasteiger partial charge >= 0.3 is 12.1 Å². The van der Waals surface area contributed by atoms with E-state index in [0.29, 0.717) is 5.56 Å². The zero-order chi connectivity index (χ0) is 23.6.